The number of benzene rings is 1. The van der Waals surface area contributed by atoms with E-state index in [0.717, 1.165) is 0 Å². The van der Waals surface area contributed by atoms with Crippen LogP contribution in [0.25, 0.3) is 0 Å². The molecule has 0 saturated carbocycles. The molecule has 0 amide bonds. The summed E-state index contributed by atoms with van der Waals surface area (Å²) in [7, 11) is 0. The van der Waals surface area contributed by atoms with Gasteiger partial charge in [-0.1, -0.05) is 11.6 Å². The molecule has 2 aromatic rings. The molecule has 1 nitrogen and oxygen atoms in total. The largest absolute Gasteiger partial charge is 0.306 e. The van der Waals surface area contributed by atoms with Gasteiger partial charge in [-0.25, -0.2) is 4.39 Å². The summed E-state index contributed by atoms with van der Waals surface area (Å²) in [6.45, 7) is 6.79. The maximum absolute atomic E-state index is 13.6. The molecule has 0 radical (unpaired) electrons. The minimum absolute atomic E-state index is 0.198. The Balaban J connectivity index is 2.06. The van der Waals surface area contributed by atoms with Gasteiger partial charge in [0, 0.05) is 32.9 Å². The summed E-state index contributed by atoms with van der Waals surface area (Å²) in [6.07, 6.45) is 0. The highest BCUT2D eigenvalue weighted by molar-refractivity contribution is 7.12. The molecule has 0 spiro atoms. The molecule has 0 aliphatic carbocycles. The van der Waals surface area contributed by atoms with E-state index in [1.807, 2.05) is 0 Å². The minimum Gasteiger partial charge on any atom is -0.306 e. The fraction of sp³-hybridized carbons (Fsp3) is 0.333. The smallest absolute Gasteiger partial charge is 0.127 e. The van der Waals surface area contributed by atoms with Crippen LogP contribution in [-0.2, 0) is 6.54 Å². The van der Waals surface area contributed by atoms with Gasteiger partial charge in [-0.2, -0.15) is 0 Å². The molecule has 1 unspecified atom stereocenters. The molecule has 1 aromatic heterocycles. The number of aryl methyl sites for hydroxylation is 2. The minimum atomic E-state index is -0.220. The lowest BCUT2D eigenvalue weighted by Crippen LogP contribution is -2.19. The third-order valence-corrected chi connectivity index (χ3v) is 4.37. The van der Waals surface area contributed by atoms with Gasteiger partial charge in [-0.05, 0) is 50.6 Å². The molecule has 1 atom stereocenters. The van der Waals surface area contributed by atoms with E-state index in [1.165, 1.54) is 21.4 Å². The summed E-state index contributed by atoms with van der Waals surface area (Å²) in [6, 6.07) is 7.03. The van der Waals surface area contributed by atoms with Gasteiger partial charge >= 0.3 is 0 Å². The highest BCUT2D eigenvalue weighted by Crippen LogP contribution is 2.26. The first-order chi connectivity index (χ1) is 8.97. The summed E-state index contributed by atoms with van der Waals surface area (Å²) < 4.78 is 13.6. The third kappa shape index (κ3) is 3.56. The van der Waals surface area contributed by atoms with Gasteiger partial charge < -0.3 is 5.32 Å². The van der Waals surface area contributed by atoms with Gasteiger partial charge in [-0.15, -0.1) is 11.3 Å². The van der Waals surface area contributed by atoms with E-state index in [1.54, 1.807) is 23.5 Å². The van der Waals surface area contributed by atoms with E-state index in [2.05, 4.69) is 32.2 Å². The lowest BCUT2D eigenvalue weighted by molar-refractivity contribution is 0.544. The predicted molar refractivity (Wildman–Crippen MR) is 80.5 cm³/mol. The Morgan fingerprint density at radius 3 is 2.68 bits per heavy atom. The molecular formula is C15H17ClFNS. The van der Waals surface area contributed by atoms with Crippen molar-refractivity contribution in [3.63, 3.8) is 0 Å². The van der Waals surface area contributed by atoms with Crippen molar-refractivity contribution in [3.05, 3.63) is 56.0 Å². The Labute approximate surface area is 122 Å². The van der Waals surface area contributed by atoms with Crippen LogP contribution in [0.1, 0.15) is 33.8 Å². The fourth-order valence-electron chi connectivity index (χ4n) is 2.13. The maximum Gasteiger partial charge on any atom is 0.127 e. The van der Waals surface area contributed by atoms with Gasteiger partial charge in [0.1, 0.15) is 5.82 Å². The van der Waals surface area contributed by atoms with Crippen molar-refractivity contribution in [2.75, 3.05) is 0 Å². The van der Waals surface area contributed by atoms with Crippen LogP contribution < -0.4 is 5.32 Å². The average Bonchev–Trinajstić information content (AvgIpc) is 2.69. The Morgan fingerprint density at radius 1 is 1.32 bits per heavy atom. The molecule has 0 aliphatic rings. The van der Waals surface area contributed by atoms with E-state index in [0.29, 0.717) is 17.1 Å². The van der Waals surface area contributed by atoms with Crippen LogP contribution in [0.15, 0.2) is 24.3 Å². The van der Waals surface area contributed by atoms with Gasteiger partial charge in [0.2, 0.25) is 0 Å². The molecule has 0 bridgehead atoms. The van der Waals surface area contributed by atoms with Gasteiger partial charge in [0.25, 0.3) is 0 Å². The van der Waals surface area contributed by atoms with Gasteiger partial charge in [-0.3, -0.25) is 0 Å². The topological polar surface area (TPSA) is 12.0 Å². The zero-order valence-corrected chi connectivity index (χ0v) is 12.8. The standard InChI is InChI=1S/C15H17ClFNS/c1-9-6-14(11(3)19-9)10(2)18-8-12-7-13(16)4-5-15(12)17/h4-7,10,18H,8H2,1-3H3. The van der Waals surface area contributed by atoms with Crippen molar-refractivity contribution in [2.24, 2.45) is 0 Å². The molecule has 102 valence electrons. The number of thiophene rings is 1. The second kappa shape index (κ2) is 6.04. The van der Waals surface area contributed by atoms with Crippen molar-refractivity contribution in [2.45, 2.75) is 33.4 Å². The molecule has 4 heteroatoms. The quantitative estimate of drug-likeness (QED) is 0.836. The second-order valence-electron chi connectivity index (χ2n) is 4.71. The lowest BCUT2D eigenvalue weighted by Gasteiger charge is -2.14. The van der Waals surface area contributed by atoms with Crippen LogP contribution >= 0.6 is 22.9 Å². The van der Waals surface area contributed by atoms with Crippen molar-refractivity contribution < 1.29 is 4.39 Å². The molecule has 0 fully saturated rings. The summed E-state index contributed by atoms with van der Waals surface area (Å²) in [5, 5.41) is 3.91. The molecule has 0 aliphatic heterocycles. The lowest BCUT2D eigenvalue weighted by atomic mass is 10.1. The average molecular weight is 298 g/mol. The molecule has 2 rings (SSSR count). The monoisotopic (exact) mass is 297 g/mol. The van der Waals surface area contributed by atoms with Crippen LogP contribution in [-0.4, -0.2) is 0 Å². The first-order valence-electron chi connectivity index (χ1n) is 6.21. The zero-order valence-electron chi connectivity index (χ0n) is 11.3. The highest BCUT2D eigenvalue weighted by atomic mass is 35.5. The maximum atomic E-state index is 13.6. The number of nitrogens with one attached hydrogen (secondary N) is 1. The van der Waals surface area contributed by atoms with Crippen molar-refractivity contribution in [3.8, 4) is 0 Å². The molecule has 1 N–H and O–H groups in total. The van der Waals surface area contributed by atoms with Gasteiger partial charge in [0.05, 0.1) is 0 Å². The summed E-state index contributed by atoms with van der Waals surface area (Å²) >= 11 is 7.67. The normalized spacial score (nSPS) is 12.7. The van der Waals surface area contributed by atoms with Crippen molar-refractivity contribution >= 4 is 22.9 Å². The van der Waals surface area contributed by atoms with Crippen LogP contribution in [0.5, 0.6) is 0 Å². The van der Waals surface area contributed by atoms with E-state index < -0.39 is 0 Å². The van der Waals surface area contributed by atoms with E-state index >= 15 is 0 Å². The van der Waals surface area contributed by atoms with Crippen molar-refractivity contribution in [1.82, 2.24) is 5.32 Å². The second-order valence-corrected chi connectivity index (χ2v) is 6.60. The Bertz CT molecular complexity index is 580. The third-order valence-electron chi connectivity index (χ3n) is 3.15. The van der Waals surface area contributed by atoms with E-state index in [4.69, 9.17) is 11.6 Å². The van der Waals surface area contributed by atoms with E-state index in [-0.39, 0.29) is 11.9 Å². The Kier molecular flexibility index (Phi) is 4.61. The molecule has 0 saturated heterocycles. The number of rotatable bonds is 4. The molecule has 1 heterocycles. The van der Waals surface area contributed by atoms with Crippen LogP contribution in [0.3, 0.4) is 0 Å². The fourth-order valence-corrected chi connectivity index (χ4v) is 3.35. The number of hydrogen-bond acceptors (Lipinski definition) is 2. The van der Waals surface area contributed by atoms with E-state index in [9.17, 15) is 4.39 Å². The Hall–Kier alpha value is -0.900. The van der Waals surface area contributed by atoms with Crippen LogP contribution in [0.2, 0.25) is 5.02 Å². The highest BCUT2D eigenvalue weighted by Gasteiger charge is 2.11. The SMILES string of the molecule is Cc1cc(C(C)NCc2cc(Cl)ccc2F)c(C)s1. The summed E-state index contributed by atoms with van der Waals surface area (Å²) in [4.78, 5) is 2.61. The van der Waals surface area contributed by atoms with Crippen LogP contribution in [0.4, 0.5) is 4.39 Å². The van der Waals surface area contributed by atoms with Gasteiger partial charge in [0.15, 0.2) is 0 Å². The summed E-state index contributed by atoms with van der Waals surface area (Å²) in [5.74, 6) is -0.220. The zero-order chi connectivity index (χ0) is 14.0. The molecular weight excluding hydrogens is 281 g/mol. The Morgan fingerprint density at radius 2 is 2.05 bits per heavy atom. The summed E-state index contributed by atoms with van der Waals surface area (Å²) in [5.41, 5.74) is 1.88. The predicted octanol–water partition coefficient (Wildman–Crippen LogP) is 5.01. The number of hydrogen-bond donors (Lipinski definition) is 1. The first kappa shape index (κ1) is 14.5. The number of halogens is 2. The van der Waals surface area contributed by atoms with Crippen molar-refractivity contribution in [1.29, 1.82) is 0 Å². The van der Waals surface area contributed by atoms with Crippen LogP contribution in [0, 0.1) is 19.7 Å². The molecule has 1 aromatic carbocycles. The molecule has 19 heavy (non-hydrogen) atoms. The first-order valence-corrected chi connectivity index (χ1v) is 7.41.